The highest BCUT2D eigenvalue weighted by Crippen LogP contribution is 2.38. The maximum absolute atomic E-state index is 11.4. The molecule has 0 spiro atoms. The Balaban J connectivity index is 1.45. The zero-order chi connectivity index (χ0) is 21.7. The number of nitro benzene ring substituents is 1. The topological polar surface area (TPSA) is 88.6 Å². The highest BCUT2D eigenvalue weighted by Gasteiger charge is 2.42. The molecule has 2 aliphatic rings. The van der Waals surface area contributed by atoms with Gasteiger partial charge in [0.15, 0.2) is 5.79 Å². The Bertz CT molecular complexity index is 937. The van der Waals surface area contributed by atoms with Crippen molar-refractivity contribution in [3.63, 3.8) is 0 Å². The molecular formula is C24H27N3O4. The highest BCUT2D eigenvalue weighted by molar-refractivity contribution is 5.40. The Morgan fingerprint density at radius 3 is 2.55 bits per heavy atom. The van der Waals surface area contributed by atoms with Crippen LogP contribution in [0.5, 0.6) is 0 Å². The molecule has 2 heterocycles. The Morgan fingerprint density at radius 1 is 1.13 bits per heavy atom. The van der Waals surface area contributed by atoms with E-state index < -0.39 is 5.79 Å². The molecule has 4 rings (SSSR count). The molecule has 2 aliphatic heterocycles. The quantitative estimate of drug-likeness (QED) is 0.494. The summed E-state index contributed by atoms with van der Waals surface area (Å²) in [4.78, 5) is 13.3. The van der Waals surface area contributed by atoms with Crippen molar-refractivity contribution < 1.29 is 14.4 Å². The van der Waals surface area contributed by atoms with Gasteiger partial charge in [0.05, 0.1) is 30.2 Å². The molecule has 2 fully saturated rings. The van der Waals surface area contributed by atoms with Crippen molar-refractivity contribution in [1.29, 1.82) is 5.26 Å². The predicted octanol–water partition coefficient (Wildman–Crippen LogP) is 4.07. The maximum Gasteiger partial charge on any atom is 0.272 e. The second-order valence-corrected chi connectivity index (χ2v) is 8.37. The van der Waals surface area contributed by atoms with Crippen molar-refractivity contribution in [2.24, 2.45) is 5.92 Å². The Labute approximate surface area is 182 Å². The van der Waals surface area contributed by atoms with Crippen molar-refractivity contribution >= 4 is 5.69 Å². The summed E-state index contributed by atoms with van der Waals surface area (Å²) in [5.74, 6) is -0.601. The zero-order valence-corrected chi connectivity index (χ0v) is 17.5. The normalized spacial score (nSPS) is 23.3. The number of hydrogen-bond donors (Lipinski definition) is 0. The van der Waals surface area contributed by atoms with Crippen LogP contribution in [0.3, 0.4) is 0 Å². The highest BCUT2D eigenvalue weighted by atomic mass is 16.7. The maximum atomic E-state index is 11.4. The van der Waals surface area contributed by atoms with Crippen LogP contribution in [0.1, 0.15) is 30.4 Å². The fourth-order valence-corrected chi connectivity index (χ4v) is 4.77. The monoisotopic (exact) mass is 421 g/mol. The molecule has 0 N–H and O–H groups in total. The van der Waals surface area contributed by atoms with Gasteiger partial charge in [-0.15, -0.1) is 0 Å². The van der Waals surface area contributed by atoms with Gasteiger partial charge in [0.1, 0.15) is 0 Å². The van der Waals surface area contributed by atoms with E-state index in [-0.39, 0.29) is 22.6 Å². The van der Waals surface area contributed by atoms with Crippen molar-refractivity contribution in [2.75, 3.05) is 19.8 Å². The van der Waals surface area contributed by atoms with Gasteiger partial charge in [0, 0.05) is 37.6 Å². The molecule has 0 aliphatic carbocycles. The third kappa shape index (κ3) is 5.10. The zero-order valence-electron chi connectivity index (χ0n) is 17.5. The molecule has 0 saturated carbocycles. The molecule has 2 aromatic carbocycles. The van der Waals surface area contributed by atoms with Gasteiger partial charge in [-0.05, 0) is 24.3 Å². The van der Waals surface area contributed by atoms with E-state index >= 15 is 0 Å². The molecule has 0 bridgehead atoms. The van der Waals surface area contributed by atoms with Crippen LogP contribution in [0.4, 0.5) is 5.69 Å². The van der Waals surface area contributed by atoms with Gasteiger partial charge in [-0.3, -0.25) is 15.0 Å². The number of nitrogens with zero attached hydrogens (tertiary/aromatic N) is 3. The lowest BCUT2D eigenvalue weighted by Crippen LogP contribution is -2.44. The van der Waals surface area contributed by atoms with E-state index in [9.17, 15) is 15.4 Å². The second-order valence-electron chi connectivity index (χ2n) is 8.37. The molecule has 0 aromatic heterocycles. The second kappa shape index (κ2) is 9.56. The first-order valence-electron chi connectivity index (χ1n) is 10.8. The summed E-state index contributed by atoms with van der Waals surface area (Å²) in [6.45, 7) is 2.56. The number of benzene rings is 2. The van der Waals surface area contributed by atoms with Crippen molar-refractivity contribution in [3.05, 3.63) is 75.8 Å². The van der Waals surface area contributed by atoms with Gasteiger partial charge in [0.25, 0.3) is 5.69 Å². The van der Waals surface area contributed by atoms with Crippen molar-refractivity contribution in [2.45, 2.75) is 44.1 Å². The molecular weight excluding hydrogens is 394 g/mol. The first-order chi connectivity index (χ1) is 15.1. The standard InChI is InChI=1S/C24H27N3O4/c25-17-22-14-20(10-11-26(22)18-19-6-2-1-3-7-19)15-24(30-12-13-31-24)16-21-8-4-5-9-23(21)27(28)29/h1-9,20,22H,10-16,18H2/t20-,22-/m1/s1. The first-order valence-corrected chi connectivity index (χ1v) is 10.8. The molecule has 2 aromatic rings. The third-order valence-corrected chi connectivity index (χ3v) is 6.26. The van der Waals surface area contributed by atoms with Gasteiger partial charge in [0.2, 0.25) is 0 Å². The lowest BCUT2D eigenvalue weighted by atomic mass is 9.84. The van der Waals surface area contributed by atoms with Gasteiger partial charge < -0.3 is 9.47 Å². The Hall–Kier alpha value is -2.79. The average Bonchev–Trinajstić information content (AvgIpc) is 3.23. The van der Waals surface area contributed by atoms with E-state index in [0.29, 0.717) is 31.6 Å². The van der Waals surface area contributed by atoms with Gasteiger partial charge in [-0.1, -0.05) is 48.5 Å². The van der Waals surface area contributed by atoms with Gasteiger partial charge in [-0.2, -0.15) is 5.26 Å². The SMILES string of the molecule is N#C[C@H]1C[C@H](CC2(Cc3ccccc3[N+](=O)[O-])OCCO2)CCN1Cc1ccccc1. The third-order valence-electron chi connectivity index (χ3n) is 6.26. The van der Waals surface area contributed by atoms with Crippen LogP contribution in [0.25, 0.3) is 0 Å². The number of likely N-dealkylation sites (tertiary alicyclic amines) is 1. The fourth-order valence-electron chi connectivity index (χ4n) is 4.77. The molecule has 2 saturated heterocycles. The minimum atomic E-state index is -0.863. The molecule has 7 heteroatoms. The van der Waals surface area contributed by atoms with Gasteiger partial charge >= 0.3 is 0 Å². The Kier molecular flexibility index (Phi) is 6.62. The summed E-state index contributed by atoms with van der Waals surface area (Å²) in [7, 11) is 0. The van der Waals surface area contributed by atoms with E-state index in [4.69, 9.17) is 9.47 Å². The lowest BCUT2D eigenvalue weighted by molar-refractivity contribution is -0.386. The van der Waals surface area contributed by atoms with Gasteiger partial charge in [-0.25, -0.2) is 0 Å². The molecule has 31 heavy (non-hydrogen) atoms. The van der Waals surface area contributed by atoms with Crippen molar-refractivity contribution in [3.8, 4) is 6.07 Å². The molecule has 0 radical (unpaired) electrons. The van der Waals surface area contributed by atoms with Crippen LogP contribution in [0.2, 0.25) is 0 Å². The van der Waals surface area contributed by atoms with E-state index in [1.165, 1.54) is 11.6 Å². The van der Waals surface area contributed by atoms with E-state index in [0.717, 1.165) is 25.9 Å². The number of hydrogen-bond acceptors (Lipinski definition) is 6. The summed E-state index contributed by atoms with van der Waals surface area (Å²) in [6, 6.07) is 19.3. The number of nitro groups is 1. The summed E-state index contributed by atoms with van der Waals surface area (Å²) < 4.78 is 12.1. The van der Waals surface area contributed by atoms with Crippen LogP contribution >= 0.6 is 0 Å². The number of rotatable bonds is 7. The molecule has 162 valence electrons. The van der Waals surface area contributed by atoms with Crippen molar-refractivity contribution in [1.82, 2.24) is 4.90 Å². The van der Waals surface area contributed by atoms with Crippen LogP contribution in [-0.4, -0.2) is 41.4 Å². The minimum Gasteiger partial charge on any atom is -0.347 e. The minimum absolute atomic E-state index is 0.0913. The molecule has 2 atom stereocenters. The largest absolute Gasteiger partial charge is 0.347 e. The van der Waals surface area contributed by atoms with Crippen LogP contribution in [-0.2, 0) is 22.4 Å². The molecule has 0 amide bonds. The smallest absolute Gasteiger partial charge is 0.272 e. The number of piperidine rings is 1. The number of para-hydroxylation sites is 1. The van der Waals surface area contributed by atoms with E-state index in [1.54, 1.807) is 18.2 Å². The van der Waals surface area contributed by atoms with Crippen LogP contribution < -0.4 is 0 Å². The summed E-state index contributed by atoms with van der Waals surface area (Å²) in [6.07, 6.45) is 2.66. The summed E-state index contributed by atoms with van der Waals surface area (Å²) >= 11 is 0. The fraction of sp³-hybridized carbons (Fsp3) is 0.458. The predicted molar refractivity (Wildman–Crippen MR) is 115 cm³/mol. The first kappa shape index (κ1) is 21.4. The lowest BCUT2D eigenvalue weighted by Gasteiger charge is -2.39. The molecule has 0 unspecified atom stereocenters. The van der Waals surface area contributed by atoms with Crippen LogP contribution in [0, 0.1) is 27.4 Å². The van der Waals surface area contributed by atoms with Crippen LogP contribution in [0.15, 0.2) is 54.6 Å². The summed E-state index contributed by atoms with van der Waals surface area (Å²) in [5.41, 5.74) is 1.91. The number of ether oxygens (including phenoxy) is 2. The average molecular weight is 421 g/mol. The van der Waals surface area contributed by atoms with E-state index in [2.05, 4.69) is 23.1 Å². The Morgan fingerprint density at radius 2 is 1.84 bits per heavy atom. The van der Waals surface area contributed by atoms with E-state index in [1.807, 2.05) is 18.2 Å². The summed E-state index contributed by atoms with van der Waals surface area (Å²) in [5, 5.41) is 21.2. The number of nitriles is 1. The molecule has 7 nitrogen and oxygen atoms in total.